The first-order chi connectivity index (χ1) is 12.4. The highest BCUT2D eigenvalue weighted by Gasteiger charge is 2.30. The molecular formula is C19H14F3N3O. The van der Waals surface area contributed by atoms with Crippen LogP contribution in [0.25, 0.3) is 11.3 Å². The second-order valence-electron chi connectivity index (χ2n) is 5.55. The number of hydrogen-bond acceptors (Lipinski definition) is 3. The van der Waals surface area contributed by atoms with E-state index in [2.05, 4.69) is 15.3 Å². The Kier molecular flexibility index (Phi) is 4.97. The summed E-state index contributed by atoms with van der Waals surface area (Å²) < 4.78 is 37.7. The number of rotatable bonds is 4. The topological polar surface area (TPSA) is 54.9 Å². The zero-order valence-corrected chi connectivity index (χ0v) is 13.5. The second kappa shape index (κ2) is 7.35. The average Bonchev–Trinajstić information content (AvgIpc) is 2.66. The van der Waals surface area contributed by atoms with E-state index in [9.17, 15) is 18.0 Å². The van der Waals surface area contributed by atoms with Gasteiger partial charge in [0.05, 0.1) is 11.3 Å². The number of carbonyl (C=O) groups excluding carboxylic acids is 1. The molecule has 2 heterocycles. The molecule has 0 aliphatic carbocycles. The third-order valence-corrected chi connectivity index (χ3v) is 3.71. The minimum atomic E-state index is -4.42. The minimum absolute atomic E-state index is 0.166. The lowest BCUT2D eigenvalue weighted by atomic mass is 10.1. The molecular weight excluding hydrogens is 343 g/mol. The van der Waals surface area contributed by atoms with Crippen molar-refractivity contribution in [2.24, 2.45) is 0 Å². The number of amides is 1. The van der Waals surface area contributed by atoms with Crippen molar-refractivity contribution in [3.05, 3.63) is 83.8 Å². The van der Waals surface area contributed by atoms with Crippen LogP contribution in [0.3, 0.4) is 0 Å². The first-order valence-corrected chi connectivity index (χ1v) is 7.74. The summed E-state index contributed by atoms with van der Waals surface area (Å²) in [5, 5.41) is 2.69. The van der Waals surface area contributed by atoms with E-state index in [4.69, 9.17) is 0 Å². The number of nitrogens with zero attached hydrogens (tertiary/aromatic N) is 2. The lowest BCUT2D eigenvalue weighted by Crippen LogP contribution is -2.23. The third-order valence-electron chi connectivity index (χ3n) is 3.71. The molecule has 0 aliphatic rings. The van der Waals surface area contributed by atoms with Gasteiger partial charge in [-0.25, -0.2) is 0 Å². The van der Waals surface area contributed by atoms with Gasteiger partial charge in [-0.2, -0.15) is 13.2 Å². The fourth-order valence-corrected chi connectivity index (χ4v) is 2.35. The average molecular weight is 357 g/mol. The lowest BCUT2D eigenvalue weighted by molar-refractivity contribution is -0.137. The molecule has 1 aromatic carbocycles. The van der Waals surface area contributed by atoms with Crippen molar-refractivity contribution in [2.45, 2.75) is 12.7 Å². The van der Waals surface area contributed by atoms with Crippen molar-refractivity contribution in [1.82, 2.24) is 15.3 Å². The normalized spacial score (nSPS) is 11.2. The molecule has 132 valence electrons. The molecule has 0 fully saturated rings. The van der Waals surface area contributed by atoms with Crippen LogP contribution in [0.2, 0.25) is 0 Å². The van der Waals surface area contributed by atoms with Crippen LogP contribution >= 0.6 is 0 Å². The van der Waals surface area contributed by atoms with Crippen molar-refractivity contribution >= 4 is 5.91 Å². The van der Waals surface area contributed by atoms with E-state index in [1.54, 1.807) is 30.7 Å². The summed E-state index contributed by atoms with van der Waals surface area (Å²) >= 11 is 0. The van der Waals surface area contributed by atoms with Gasteiger partial charge < -0.3 is 5.32 Å². The standard InChI is InChI=1S/C19H14F3N3O/c20-19(21,22)16-5-3-14(4-6-16)18(26)25-11-13-7-9-24-17(10-13)15-2-1-8-23-12-15/h1-10,12H,11H2,(H,25,26). The fourth-order valence-electron chi connectivity index (χ4n) is 2.35. The Morgan fingerprint density at radius 1 is 1.04 bits per heavy atom. The maximum atomic E-state index is 12.6. The molecule has 0 saturated carbocycles. The van der Waals surface area contributed by atoms with Crippen molar-refractivity contribution in [1.29, 1.82) is 0 Å². The summed E-state index contributed by atoms with van der Waals surface area (Å²) in [6, 6.07) is 11.4. The summed E-state index contributed by atoms with van der Waals surface area (Å²) in [4.78, 5) is 20.4. The predicted molar refractivity (Wildman–Crippen MR) is 90.1 cm³/mol. The molecule has 0 radical (unpaired) electrons. The molecule has 0 aliphatic heterocycles. The zero-order chi connectivity index (χ0) is 18.6. The molecule has 4 nitrogen and oxygen atoms in total. The van der Waals surface area contributed by atoms with Gasteiger partial charge in [0.1, 0.15) is 0 Å². The van der Waals surface area contributed by atoms with E-state index in [1.165, 1.54) is 0 Å². The van der Waals surface area contributed by atoms with E-state index in [0.29, 0.717) is 0 Å². The maximum absolute atomic E-state index is 12.6. The maximum Gasteiger partial charge on any atom is 0.416 e. The van der Waals surface area contributed by atoms with E-state index in [1.807, 2.05) is 12.1 Å². The Hall–Kier alpha value is -3.22. The van der Waals surface area contributed by atoms with Crippen LogP contribution in [0.4, 0.5) is 13.2 Å². The second-order valence-corrected chi connectivity index (χ2v) is 5.55. The Balaban J connectivity index is 1.66. The molecule has 3 aromatic rings. The highest BCUT2D eigenvalue weighted by molar-refractivity contribution is 5.94. The summed E-state index contributed by atoms with van der Waals surface area (Å²) in [7, 11) is 0. The predicted octanol–water partition coefficient (Wildman–Crippen LogP) is 4.09. The van der Waals surface area contributed by atoms with Crippen LogP contribution in [0.1, 0.15) is 21.5 Å². The highest BCUT2D eigenvalue weighted by Crippen LogP contribution is 2.29. The van der Waals surface area contributed by atoms with Gasteiger partial charge in [0, 0.05) is 36.3 Å². The van der Waals surface area contributed by atoms with Crippen LogP contribution in [0, 0.1) is 0 Å². The van der Waals surface area contributed by atoms with Gasteiger partial charge in [-0.1, -0.05) is 0 Å². The zero-order valence-electron chi connectivity index (χ0n) is 13.5. The van der Waals surface area contributed by atoms with Crippen molar-refractivity contribution in [2.75, 3.05) is 0 Å². The SMILES string of the molecule is O=C(NCc1ccnc(-c2cccnc2)c1)c1ccc(C(F)(F)F)cc1. The monoisotopic (exact) mass is 357 g/mol. The number of carbonyl (C=O) groups is 1. The summed E-state index contributed by atoms with van der Waals surface area (Å²) in [5.41, 5.74) is 1.77. The quantitative estimate of drug-likeness (QED) is 0.765. The van der Waals surface area contributed by atoms with Gasteiger partial charge in [0.15, 0.2) is 0 Å². The number of hydrogen-bond donors (Lipinski definition) is 1. The van der Waals surface area contributed by atoms with Crippen LogP contribution < -0.4 is 5.32 Å². The molecule has 0 bridgehead atoms. The van der Waals surface area contributed by atoms with Gasteiger partial charge in [-0.05, 0) is 54.1 Å². The first-order valence-electron chi connectivity index (χ1n) is 7.74. The van der Waals surface area contributed by atoms with E-state index >= 15 is 0 Å². The van der Waals surface area contributed by atoms with E-state index in [0.717, 1.165) is 41.1 Å². The number of alkyl halides is 3. The Bertz CT molecular complexity index is 894. The van der Waals surface area contributed by atoms with Crippen molar-refractivity contribution < 1.29 is 18.0 Å². The number of nitrogens with one attached hydrogen (secondary N) is 1. The van der Waals surface area contributed by atoms with E-state index < -0.39 is 17.6 Å². The molecule has 26 heavy (non-hydrogen) atoms. The molecule has 2 aromatic heterocycles. The summed E-state index contributed by atoms with van der Waals surface area (Å²) in [5.74, 6) is -0.446. The van der Waals surface area contributed by atoms with Crippen LogP contribution in [0.15, 0.2) is 67.1 Å². The number of aromatic nitrogens is 2. The Morgan fingerprint density at radius 3 is 2.46 bits per heavy atom. The van der Waals surface area contributed by atoms with Crippen molar-refractivity contribution in [3.8, 4) is 11.3 Å². The Labute approximate surface area is 147 Å². The summed E-state index contributed by atoms with van der Waals surface area (Å²) in [6.07, 6.45) is 0.557. The largest absolute Gasteiger partial charge is 0.416 e. The number of halogens is 3. The van der Waals surface area contributed by atoms with Crippen LogP contribution in [-0.2, 0) is 12.7 Å². The third kappa shape index (κ3) is 4.24. The van der Waals surface area contributed by atoms with Gasteiger partial charge in [-0.3, -0.25) is 14.8 Å². The molecule has 1 N–H and O–H groups in total. The van der Waals surface area contributed by atoms with Gasteiger partial charge in [-0.15, -0.1) is 0 Å². The molecule has 7 heteroatoms. The Morgan fingerprint density at radius 2 is 1.81 bits per heavy atom. The molecule has 3 rings (SSSR count). The molecule has 0 atom stereocenters. The summed E-state index contributed by atoms with van der Waals surface area (Å²) in [6.45, 7) is 0.232. The molecule has 1 amide bonds. The minimum Gasteiger partial charge on any atom is -0.348 e. The van der Waals surface area contributed by atoms with Crippen molar-refractivity contribution in [3.63, 3.8) is 0 Å². The van der Waals surface area contributed by atoms with E-state index in [-0.39, 0.29) is 12.1 Å². The lowest BCUT2D eigenvalue weighted by Gasteiger charge is -2.09. The first kappa shape index (κ1) is 17.6. The smallest absolute Gasteiger partial charge is 0.348 e. The van der Waals surface area contributed by atoms with Gasteiger partial charge in [0.2, 0.25) is 0 Å². The number of benzene rings is 1. The fraction of sp³-hybridized carbons (Fsp3) is 0.105. The molecule has 0 unspecified atom stereocenters. The van der Waals surface area contributed by atoms with Gasteiger partial charge in [0.25, 0.3) is 5.91 Å². The van der Waals surface area contributed by atoms with Crippen LogP contribution in [-0.4, -0.2) is 15.9 Å². The molecule has 0 spiro atoms. The van der Waals surface area contributed by atoms with Crippen LogP contribution in [0.5, 0.6) is 0 Å². The van der Waals surface area contributed by atoms with Gasteiger partial charge >= 0.3 is 6.18 Å². The highest BCUT2D eigenvalue weighted by atomic mass is 19.4. The number of pyridine rings is 2. The molecule has 0 saturated heterocycles.